The van der Waals surface area contributed by atoms with Gasteiger partial charge in [-0.3, -0.25) is 0 Å². The van der Waals surface area contributed by atoms with Gasteiger partial charge in [0.05, 0.1) is 12.7 Å². The van der Waals surface area contributed by atoms with Crippen molar-refractivity contribution in [1.82, 2.24) is 0 Å². The van der Waals surface area contributed by atoms with Crippen molar-refractivity contribution in [3.05, 3.63) is 0 Å². The molecule has 1 saturated heterocycles. The second-order valence-corrected chi connectivity index (χ2v) is 2.73. The van der Waals surface area contributed by atoms with Crippen molar-refractivity contribution in [2.24, 2.45) is 0 Å². The maximum absolute atomic E-state index is 9.05. The van der Waals surface area contributed by atoms with Gasteiger partial charge < -0.3 is 14.9 Å². The Hall–Kier alpha value is 0.360. The van der Waals surface area contributed by atoms with Crippen molar-refractivity contribution in [3.8, 4) is 0 Å². The maximum Gasteiger partial charge on any atom is 0.109 e. The molecule has 0 spiro atoms. The van der Waals surface area contributed by atoms with Crippen LogP contribution in [0.25, 0.3) is 0 Å². The fourth-order valence-electron chi connectivity index (χ4n) is 0.803. The van der Waals surface area contributed by atoms with Crippen molar-refractivity contribution in [3.63, 3.8) is 0 Å². The van der Waals surface area contributed by atoms with Crippen molar-refractivity contribution in [1.29, 1.82) is 0 Å². The molecule has 0 aliphatic carbocycles. The summed E-state index contributed by atoms with van der Waals surface area (Å²) in [5, 5.41) is 18.5. The second-order valence-electron chi connectivity index (χ2n) is 2.08. The Bertz CT molecular complexity index is 98.2. The quantitative estimate of drug-likeness (QED) is 0.557. The number of alkyl halides is 1. The summed E-state index contributed by atoms with van der Waals surface area (Å²) in [5.74, 6) is 0. The fourth-order valence-corrected chi connectivity index (χ4v) is 1.37. The van der Waals surface area contributed by atoms with Crippen LogP contribution in [0.5, 0.6) is 0 Å². The Labute approximate surface area is 61.8 Å². The Morgan fingerprint density at radius 3 is 2.44 bits per heavy atom. The van der Waals surface area contributed by atoms with E-state index in [0.29, 0.717) is 5.33 Å². The van der Waals surface area contributed by atoms with Crippen LogP contribution in [0.1, 0.15) is 0 Å². The van der Waals surface area contributed by atoms with Gasteiger partial charge in [-0.05, 0) is 0 Å². The minimum absolute atomic E-state index is 0.236. The van der Waals surface area contributed by atoms with Gasteiger partial charge in [-0.2, -0.15) is 0 Å². The SMILES string of the molecule is O[C@@H]1[C@@H](O)CO[C@@H]1CBr. The third-order valence-corrected chi connectivity index (χ3v) is 2.05. The molecule has 54 valence electrons. The lowest BCUT2D eigenvalue weighted by Gasteiger charge is -2.10. The van der Waals surface area contributed by atoms with E-state index >= 15 is 0 Å². The van der Waals surface area contributed by atoms with Crippen LogP contribution in [0.15, 0.2) is 0 Å². The van der Waals surface area contributed by atoms with Crippen molar-refractivity contribution in [2.45, 2.75) is 18.3 Å². The molecule has 4 heteroatoms. The highest BCUT2D eigenvalue weighted by Gasteiger charge is 2.33. The largest absolute Gasteiger partial charge is 0.388 e. The van der Waals surface area contributed by atoms with Crippen LogP contribution in [0.2, 0.25) is 0 Å². The molecule has 2 N–H and O–H groups in total. The molecular formula is C5H9BrO3. The van der Waals surface area contributed by atoms with E-state index in [0.717, 1.165) is 0 Å². The third-order valence-electron chi connectivity index (χ3n) is 1.41. The number of hydrogen-bond donors (Lipinski definition) is 2. The molecule has 0 aromatic rings. The minimum Gasteiger partial charge on any atom is -0.388 e. The molecule has 0 saturated carbocycles. The number of ether oxygens (including phenoxy) is 1. The van der Waals surface area contributed by atoms with E-state index in [9.17, 15) is 0 Å². The molecule has 0 bridgehead atoms. The summed E-state index contributed by atoms with van der Waals surface area (Å²) in [5.41, 5.74) is 0. The molecule has 0 amide bonds. The van der Waals surface area contributed by atoms with E-state index in [1.54, 1.807) is 0 Å². The number of aliphatic hydroxyl groups is 2. The highest BCUT2D eigenvalue weighted by Crippen LogP contribution is 2.15. The van der Waals surface area contributed by atoms with Crippen molar-refractivity contribution >= 4 is 15.9 Å². The lowest BCUT2D eigenvalue weighted by molar-refractivity contribution is 0.0342. The highest BCUT2D eigenvalue weighted by molar-refractivity contribution is 9.09. The molecule has 0 unspecified atom stereocenters. The molecule has 0 aromatic carbocycles. The molecule has 1 aliphatic rings. The Kier molecular flexibility index (Phi) is 2.46. The second kappa shape index (κ2) is 2.96. The van der Waals surface area contributed by atoms with Crippen LogP contribution >= 0.6 is 15.9 Å². The van der Waals surface area contributed by atoms with Gasteiger partial charge in [0.25, 0.3) is 0 Å². The third kappa shape index (κ3) is 1.43. The van der Waals surface area contributed by atoms with E-state index in [1.807, 2.05) is 0 Å². The summed E-state index contributed by atoms with van der Waals surface area (Å²) in [7, 11) is 0. The number of rotatable bonds is 1. The first-order valence-electron chi connectivity index (χ1n) is 2.79. The molecule has 9 heavy (non-hydrogen) atoms. The zero-order valence-electron chi connectivity index (χ0n) is 4.83. The van der Waals surface area contributed by atoms with E-state index in [-0.39, 0.29) is 12.7 Å². The summed E-state index contributed by atoms with van der Waals surface area (Å²) in [4.78, 5) is 0. The summed E-state index contributed by atoms with van der Waals surface area (Å²) < 4.78 is 4.98. The smallest absolute Gasteiger partial charge is 0.109 e. The molecule has 3 atom stereocenters. The zero-order chi connectivity index (χ0) is 6.85. The number of hydrogen-bond acceptors (Lipinski definition) is 3. The van der Waals surface area contributed by atoms with E-state index < -0.39 is 12.2 Å². The van der Waals surface area contributed by atoms with Crippen LogP contribution in [0.4, 0.5) is 0 Å². The predicted octanol–water partition coefficient (Wildman–Crippen LogP) is -0.498. The maximum atomic E-state index is 9.05. The summed E-state index contributed by atoms with van der Waals surface area (Å²) in [6.07, 6.45) is -1.66. The Balaban J connectivity index is 2.41. The molecular weight excluding hydrogens is 188 g/mol. The van der Waals surface area contributed by atoms with Gasteiger partial charge in [0, 0.05) is 5.33 Å². The van der Waals surface area contributed by atoms with E-state index in [2.05, 4.69) is 15.9 Å². The molecule has 1 fully saturated rings. The van der Waals surface area contributed by atoms with Gasteiger partial charge in [-0.1, -0.05) is 15.9 Å². The van der Waals surface area contributed by atoms with Gasteiger partial charge in [0.1, 0.15) is 12.2 Å². The normalized spacial score (nSPS) is 43.7. The Morgan fingerprint density at radius 2 is 2.22 bits per heavy atom. The van der Waals surface area contributed by atoms with Crippen molar-refractivity contribution < 1.29 is 14.9 Å². The minimum atomic E-state index is -0.718. The summed E-state index contributed by atoms with van der Waals surface area (Å²) in [6.45, 7) is 0.247. The molecule has 3 nitrogen and oxygen atoms in total. The lowest BCUT2D eigenvalue weighted by Crippen LogP contribution is -2.30. The Morgan fingerprint density at radius 1 is 1.56 bits per heavy atom. The van der Waals surface area contributed by atoms with E-state index in [1.165, 1.54) is 0 Å². The van der Waals surface area contributed by atoms with E-state index in [4.69, 9.17) is 14.9 Å². The summed E-state index contributed by atoms with van der Waals surface area (Å²) >= 11 is 3.15. The van der Waals surface area contributed by atoms with Crippen LogP contribution in [0, 0.1) is 0 Å². The zero-order valence-corrected chi connectivity index (χ0v) is 6.41. The average molecular weight is 197 g/mol. The molecule has 0 radical (unpaired) electrons. The first kappa shape index (κ1) is 7.47. The first-order valence-corrected chi connectivity index (χ1v) is 3.91. The molecule has 1 heterocycles. The van der Waals surface area contributed by atoms with Crippen LogP contribution in [0.3, 0.4) is 0 Å². The standard InChI is InChI=1S/C5H9BrO3/c6-1-4-5(8)3(7)2-9-4/h3-5,7-8H,1-2H2/t3-,4+,5+/m0/s1. The highest BCUT2D eigenvalue weighted by atomic mass is 79.9. The molecule has 0 aromatic heterocycles. The van der Waals surface area contributed by atoms with Crippen LogP contribution < -0.4 is 0 Å². The van der Waals surface area contributed by atoms with Gasteiger partial charge in [0.15, 0.2) is 0 Å². The van der Waals surface area contributed by atoms with Crippen LogP contribution in [-0.4, -0.2) is 40.5 Å². The molecule has 1 aliphatic heterocycles. The molecule has 1 rings (SSSR count). The number of aliphatic hydroxyl groups excluding tert-OH is 2. The first-order chi connectivity index (χ1) is 4.25. The van der Waals surface area contributed by atoms with Crippen LogP contribution in [-0.2, 0) is 4.74 Å². The average Bonchev–Trinajstić information content (AvgIpc) is 2.15. The van der Waals surface area contributed by atoms with Gasteiger partial charge in [-0.15, -0.1) is 0 Å². The topological polar surface area (TPSA) is 49.7 Å². The fraction of sp³-hybridized carbons (Fsp3) is 1.00. The van der Waals surface area contributed by atoms with Gasteiger partial charge in [0.2, 0.25) is 0 Å². The van der Waals surface area contributed by atoms with Gasteiger partial charge >= 0.3 is 0 Å². The lowest BCUT2D eigenvalue weighted by atomic mass is 10.2. The van der Waals surface area contributed by atoms with Crippen molar-refractivity contribution in [2.75, 3.05) is 11.9 Å². The monoisotopic (exact) mass is 196 g/mol. The number of halogens is 1. The predicted molar refractivity (Wildman–Crippen MR) is 35.5 cm³/mol. The van der Waals surface area contributed by atoms with Gasteiger partial charge in [-0.25, -0.2) is 0 Å². The summed E-state index contributed by atoms with van der Waals surface area (Å²) in [6, 6.07) is 0.